The normalized spacial score (nSPS) is 30.3. The van der Waals surface area contributed by atoms with Crippen molar-refractivity contribution in [3.8, 4) is 0 Å². The van der Waals surface area contributed by atoms with Gasteiger partial charge in [0.25, 0.3) is 0 Å². The molecule has 5 heterocycles. The van der Waals surface area contributed by atoms with E-state index in [0.717, 1.165) is 52.2 Å². The average molecular weight is 767 g/mol. The Morgan fingerprint density at radius 3 is 1.75 bits per heavy atom. The number of epoxide rings is 1. The Bertz CT molecular complexity index is 1690. The molecule has 0 radical (unpaired) electrons. The monoisotopic (exact) mass is 767 g/mol. The van der Waals surface area contributed by atoms with Crippen LogP contribution in [0.25, 0.3) is 10.4 Å². The summed E-state index contributed by atoms with van der Waals surface area (Å²) in [4.78, 5) is 10.0. The van der Waals surface area contributed by atoms with E-state index in [-0.39, 0.29) is 17.2 Å². The number of benzene rings is 3. The molecule has 0 saturated carbocycles. The lowest BCUT2D eigenvalue weighted by Crippen LogP contribution is -2.57. The second kappa shape index (κ2) is 20.7. The summed E-state index contributed by atoms with van der Waals surface area (Å²) in [5.74, 6) is 0. The van der Waals surface area contributed by atoms with Gasteiger partial charge in [0.1, 0.15) is 0 Å². The van der Waals surface area contributed by atoms with Gasteiger partial charge in [-0.2, -0.15) is 0 Å². The molecule has 11 nitrogen and oxygen atoms in total. The van der Waals surface area contributed by atoms with Crippen LogP contribution in [-0.2, 0) is 24.4 Å². The Morgan fingerprint density at radius 2 is 1.30 bits per heavy atom. The van der Waals surface area contributed by atoms with Gasteiger partial charge in [-0.1, -0.05) is 115 Å². The van der Waals surface area contributed by atoms with Crippen molar-refractivity contribution in [1.82, 2.24) is 20.0 Å². The van der Waals surface area contributed by atoms with E-state index in [1.165, 1.54) is 48.2 Å². The number of β-amino-alcohol motifs (C(OH)–C–C–N with tert-alkyl or cyclic N) is 2. The summed E-state index contributed by atoms with van der Waals surface area (Å²) in [5, 5.41) is 26.2. The minimum atomic E-state index is -0.665. The van der Waals surface area contributed by atoms with Crippen LogP contribution >= 0.6 is 0 Å². The Morgan fingerprint density at radius 1 is 0.768 bits per heavy atom. The Balaban J connectivity index is 0.000000146. The molecule has 0 bridgehead atoms. The van der Waals surface area contributed by atoms with Crippen LogP contribution in [0.1, 0.15) is 70.1 Å². The van der Waals surface area contributed by atoms with E-state index in [1.54, 1.807) is 0 Å². The second-order valence-corrected chi connectivity index (χ2v) is 16.9. The molecule has 5 aliphatic rings. The zero-order valence-corrected chi connectivity index (χ0v) is 34.1. The lowest BCUT2D eigenvalue weighted by Gasteiger charge is -2.40. The van der Waals surface area contributed by atoms with Gasteiger partial charge >= 0.3 is 0 Å². The lowest BCUT2D eigenvalue weighted by atomic mass is 9.87. The first-order valence-corrected chi connectivity index (χ1v) is 20.4. The number of nitrogens with two attached hydrogens (primary N) is 1. The number of likely N-dealkylation sites (tertiary alicyclic amines) is 2. The smallest absolute Gasteiger partial charge is 0.0997 e. The van der Waals surface area contributed by atoms with Gasteiger partial charge in [-0.25, -0.2) is 0 Å². The number of ether oxygens (including phenoxy) is 1. The zero-order valence-electron chi connectivity index (χ0n) is 34.1. The standard InChI is InChI=1S/C13H18N4O.C13H17NO.C13H17N.C6H14N2O/c1-13(15-16-14)7-8-17(10-12(13)18)9-11-5-3-2-4-6-11;1-13-7-8-14(10-12(13)15-13)9-11-5-3-2-4-6-11;1-12-7-9-14(10-8-12)11-13-5-3-2-4-6-13;1-6(7)2-3-8-4-5(6)9/h2-6,12,18H,7-10H2,1H3;2-6,12H,7-10H2,1H3;2-7H,8-11H2,1H3;5,8-9H,2-4,7H2,1H3/t12-,13-;12-,13+;;5-,6-/m11.1/s1. The molecule has 8 rings (SSSR count). The van der Waals surface area contributed by atoms with E-state index in [0.29, 0.717) is 25.6 Å². The molecule has 56 heavy (non-hydrogen) atoms. The number of nitrogens with one attached hydrogen (secondary N) is 1. The van der Waals surface area contributed by atoms with Crippen molar-refractivity contribution in [3.63, 3.8) is 0 Å². The van der Waals surface area contributed by atoms with Crippen molar-refractivity contribution < 1.29 is 14.9 Å². The Labute approximate surface area is 335 Å². The van der Waals surface area contributed by atoms with E-state index < -0.39 is 11.6 Å². The Kier molecular flexibility index (Phi) is 16.1. The molecule has 0 aromatic heterocycles. The predicted molar refractivity (Wildman–Crippen MR) is 226 cm³/mol. The fourth-order valence-corrected chi connectivity index (χ4v) is 7.51. The predicted octanol–water partition coefficient (Wildman–Crippen LogP) is 6.27. The summed E-state index contributed by atoms with van der Waals surface area (Å²) in [7, 11) is 0. The van der Waals surface area contributed by atoms with Gasteiger partial charge in [-0.05, 0) is 81.8 Å². The van der Waals surface area contributed by atoms with Crippen molar-refractivity contribution in [1.29, 1.82) is 0 Å². The third kappa shape index (κ3) is 13.5. The molecule has 3 aromatic rings. The summed E-state index contributed by atoms with van der Waals surface area (Å²) < 4.78 is 5.69. The van der Waals surface area contributed by atoms with Gasteiger partial charge < -0.3 is 26.0 Å². The summed E-state index contributed by atoms with van der Waals surface area (Å²) >= 11 is 0. The third-order valence-electron chi connectivity index (χ3n) is 11.9. The number of rotatable bonds is 7. The van der Waals surface area contributed by atoms with Gasteiger partial charge in [0.15, 0.2) is 0 Å². The minimum Gasteiger partial charge on any atom is -0.391 e. The second-order valence-electron chi connectivity index (χ2n) is 16.9. The average Bonchev–Trinajstić information content (AvgIpc) is 3.88. The first kappa shape index (κ1) is 43.5. The van der Waals surface area contributed by atoms with Gasteiger partial charge in [0, 0.05) is 69.4 Å². The molecule has 0 aliphatic carbocycles. The summed E-state index contributed by atoms with van der Waals surface area (Å²) in [6, 6.07) is 31.5. The summed E-state index contributed by atoms with van der Waals surface area (Å²) in [6.07, 6.45) is 5.80. The topological polar surface area (TPSA) is 150 Å². The van der Waals surface area contributed by atoms with Crippen LogP contribution < -0.4 is 11.1 Å². The van der Waals surface area contributed by atoms with Crippen LogP contribution in [0.5, 0.6) is 0 Å². The third-order valence-corrected chi connectivity index (χ3v) is 11.9. The molecule has 0 amide bonds. The van der Waals surface area contributed by atoms with Gasteiger partial charge in [-0.15, -0.1) is 0 Å². The molecule has 4 saturated heterocycles. The van der Waals surface area contributed by atoms with E-state index in [2.05, 4.69) is 123 Å². The molecule has 0 unspecified atom stereocenters. The Hall–Kier alpha value is -3.61. The van der Waals surface area contributed by atoms with Crippen LogP contribution in [0.3, 0.4) is 0 Å². The number of aliphatic hydroxyl groups is 2. The molecule has 4 fully saturated rings. The molecule has 304 valence electrons. The number of fused-ring (bicyclic) bond motifs is 1. The van der Waals surface area contributed by atoms with Crippen LogP contribution in [-0.4, -0.2) is 112 Å². The molecule has 11 heteroatoms. The van der Waals surface area contributed by atoms with Gasteiger partial charge in [0.05, 0.1) is 29.5 Å². The van der Waals surface area contributed by atoms with Crippen molar-refractivity contribution in [2.75, 3.05) is 52.4 Å². The van der Waals surface area contributed by atoms with Gasteiger partial charge in [-0.3, -0.25) is 14.7 Å². The van der Waals surface area contributed by atoms with E-state index in [4.69, 9.17) is 16.0 Å². The lowest BCUT2D eigenvalue weighted by molar-refractivity contribution is 0.00906. The highest BCUT2D eigenvalue weighted by Crippen LogP contribution is 2.43. The van der Waals surface area contributed by atoms with Crippen LogP contribution in [0.2, 0.25) is 0 Å². The van der Waals surface area contributed by atoms with Crippen molar-refractivity contribution in [3.05, 3.63) is 130 Å². The highest BCUT2D eigenvalue weighted by atomic mass is 16.6. The summed E-state index contributed by atoms with van der Waals surface area (Å²) in [5.41, 5.74) is 19.1. The highest BCUT2D eigenvalue weighted by molar-refractivity contribution is 5.17. The molecule has 5 N–H and O–H groups in total. The zero-order chi connectivity index (χ0) is 40.0. The maximum Gasteiger partial charge on any atom is 0.0997 e. The number of nitrogens with zero attached hydrogens (tertiary/aromatic N) is 6. The molecular weight excluding hydrogens is 701 g/mol. The fourth-order valence-electron chi connectivity index (χ4n) is 7.51. The van der Waals surface area contributed by atoms with Crippen LogP contribution in [0.15, 0.2) is 108 Å². The SMILES string of the molecule is CC1=CCN(Cc2ccccc2)CC1.C[C@@]1(N)CCNC[C@H]1O.C[C@@]1(N=[N+]=[N-])CCN(Cc2ccccc2)C[C@H]1O.C[C@]12CCN(Cc3ccccc3)C[C@H]1O2. The van der Waals surface area contributed by atoms with Crippen molar-refractivity contribution >= 4 is 0 Å². The molecule has 3 aromatic carbocycles. The number of hydrogen-bond acceptors (Lipinski definition) is 9. The summed E-state index contributed by atoms with van der Waals surface area (Å²) in [6.45, 7) is 18.7. The maximum absolute atomic E-state index is 10.1. The van der Waals surface area contributed by atoms with E-state index in [1.807, 2.05) is 32.0 Å². The number of hydrogen-bond donors (Lipinski definition) is 4. The largest absolute Gasteiger partial charge is 0.391 e. The van der Waals surface area contributed by atoms with Crippen molar-refractivity contribution in [2.45, 2.75) is 108 Å². The van der Waals surface area contributed by atoms with Crippen LogP contribution in [0, 0.1) is 0 Å². The quantitative estimate of drug-likeness (QED) is 0.0724. The maximum atomic E-state index is 10.1. The van der Waals surface area contributed by atoms with E-state index >= 15 is 0 Å². The minimum absolute atomic E-state index is 0.229. The van der Waals surface area contributed by atoms with Gasteiger partial charge in [0.2, 0.25) is 0 Å². The number of piperidine rings is 3. The van der Waals surface area contributed by atoms with E-state index in [9.17, 15) is 10.2 Å². The fraction of sp³-hybridized carbons (Fsp3) is 0.556. The number of azide groups is 1. The molecular formula is C45H66N8O3. The molecule has 0 spiro atoms. The molecule has 6 atom stereocenters. The molecule has 5 aliphatic heterocycles. The first-order valence-electron chi connectivity index (χ1n) is 20.4. The van der Waals surface area contributed by atoms with Crippen molar-refractivity contribution in [2.24, 2.45) is 10.8 Å². The first-order chi connectivity index (χ1) is 26.9. The van der Waals surface area contributed by atoms with Crippen LogP contribution in [0.4, 0.5) is 0 Å². The number of aliphatic hydroxyl groups excluding tert-OH is 2. The highest BCUT2D eigenvalue weighted by Gasteiger charge is 2.54.